The Bertz CT molecular complexity index is 933. The van der Waals surface area contributed by atoms with Gasteiger partial charge in [0.25, 0.3) is 0 Å². The molecule has 7 heteroatoms. The molecule has 0 N–H and O–H groups in total. The Morgan fingerprint density at radius 3 is 2.23 bits per heavy atom. The summed E-state index contributed by atoms with van der Waals surface area (Å²) in [5, 5.41) is 0. The summed E-state index contributed by atoms with van der Waals surface area (Å²) in [6.07, 6.45) is 2.57. The van der Waals surface area contributed by atoms with E-state index in [1.165, 1.54) is 4.31 Å². The number of aromatic nitrogens is 1. The van der Waals surface area contributed by atoms with Crippen molar-refractivity contribution in [1.82, 2.24) is 13.8 Å². The lowest BCUT2D eigenvalue weighted by Gasteiger charge is -2.31. The predicted molar refractivity (Wildman–Crippen MR) is 120 cm³/mol. The summed E-state index contributed by atoms with van der Waals surface area (Å²) in [6.45, 7) is 10.7. The minimum atomic E-state index is -3.78. The fourth-order valence-corrected chi connectivity index (χ4v) is 4.97. The van der Waals surface area contributed by atoms with Gasteiger partial charge in [0, 0.05) is 31.5 Å². The van der Waals surface area contributed by atoms with Crippen LogP contribution in [0.3, 0.4) is 0 Å². The van der Waals surface area contributed by atoms with Gasteiger partial charge in [-0.25, -0.2) is 8.42 Å². The highest BCUT2D eigenvalue weighted by atomic mass is 32.2. The van der Waals surface area contributed by atoms with Gasteiger partial charge in [-0.15, -0.1) is 0 Å². The molecule has 0 aliphatic heterocycles. The van der Waals surface area contributed by atoms with Gasteiger partial charge in [-0.1, -0.05) is 38.5 Å². The maximum atomic E-state index is 13.3. The van der Waals surface area contributed by atoms with Crippen LogP contribution in [-0.2, 0) is 28.4 Å². The number of carbonyl (C=O) groups is 1. The van der Waals surface area contributed by atoms with E-state index in [9.17, 15) is 13.2 Å². The second-order valence-electron chi connectivity index (χ2n) is 8.40. The van der Waals surface area contributed by atoms with Crippen molar-refractivity contribution in [3.05, 3.63) is 53.9 Å². The van der Waals surface area contributed by atoms with E-state index in [1.54, 1.807) is 29.2 Å². The molecule has 0 saturated carbocycles. The first kappa shape index (κ1) is 24.2. The van der Waals surface area contributed by atoms with Crippen LogP contribution in [0.4, 0.5) is 0 Å². The zero-order valence-corrected chi connectivity index (χ0v) is 19.8. The van der Waals surface area contributed by atoms with Crippen molar-refractivity contribution in [2.45, 2.75) is 58.5 Å². The average Bonchev–Trinajstić information content (AvgIpc) is 3.09. The number of nitrogens with zero attached hydrogens (tertiary/aromatic N) is 3. The molecule has 6 nitrogen and oxygen atoms in total. The van der Waals surface area contributed by atoms with E-state index in [1.807, 2.05) is 50.7 Å². The Hall–Kier alpha value is -2.12. The van der Waals surface area contributed by atoms with Crippen molar-refractivity contribution in [2.75, 3.05) is 13.1 Å². The van der Waals surface area contributed by atoms with Crippen LogP contribution in [0.25, 0.3) is 0 Å². The molecule has 0 saturated heterocycles. The molecule has 0 fully saturated rings. The normalized spacial score (nSPS) is 13.1. The Balaban J connectivity index is 2.31. The maximum absolute atomic E-state index is 13.3. The monoisotopic (exact) mass is 433 g/mol. The second kappa shape index (κ2) is 10.3. The molecule has 0 spiro atoms. The molecule has 1 atom stereocenters. The van der Waals surface area contributed by atoms with Crippen molar-refractivity contribution < 1.29 is 13.2 Å². The minimum Gasteiger partial charge on any atom is -0.353 e. The predicted octanol–water partition coefficient (Wildman–Crippen LogP) is 3.81. The lowest BCUT2D eigenvalue weighted by Crippen LogP contribution is -2.47. The first-order valence-electron chi connectivity index (χ1n) is 10.5. The molecule has 0 aliphatic carbocycles. The number of benzene rings is 1. The standard InChI is InChI=1S/C23H35N3O3S/c1-7-20(5)26(30(28,29)22-12-10-19(4)11-13-22)17-23(27)25(15-18(2)3)16-21-9-8-14-24(21)6/h8-14,18,20H,7,15-17H2,1-6H3. The highest BCUT2D eigenvalue weighted by Crippen LogP contribution is 2.21. The van der Waals surface area contributed by atoms with Gasteiger partial charge < -0.3 is 9.47 Å². The summed E-state index contributed by atoms with van der Waals surface area (Å²) in [6, 6.07) is 10.4. The van der Waals surface area contributed by atoms with Gasteiger partial charge in [0.05, 0.1) is 18.0 Å². The Kier molecular flexibility index (Phi) is 8.26. The smallest absolute Gasteiger partial charge is 0.243 e. The summed E-state index contributed by atoms with van der Waals surface area (Å²) in [5.74, 6) is 0.0980. The first-order valence-corrected chi connectivity index (χ1v) is 12.0. The third-order valence-corrected chi connectivity index (χ3v) is 7.32. The summed E-state index contributed by atoms with van der Waals surface area (Å²) >= 11 is 0. The van der Waals surface area contributed by atoms with Crippen molar-refractivity contribution >= 4 is 15.9 Å². The second-order valence-corrected chi connectivity index (χ2v) is 10.3. The van der Waals surface area contributed by atoms with E-state index >= 15 is 0 Å². The summed E-state index contributed by atoms with van der Waals surface area (Å²) < 4.78 is 30.0. The Morgan fingerprint density at radius 2 is 1.73 bits per heavy atom. The molecule has 1 amide bonds. The zero-order valence-electron chi connectivity index (χ0n) is 19.0. The van der Waals surface area contributed by atoms with Crippen LogP contribution >= 0.6 is 0 Å². The molecule has 0 radical (unpaired) electrons. The molecule has 2 aromatic rings. The topological polar surface area (TPSA) is 62.6 Å². The highest BCUT2D eigenvalue weighted by molar-refractivity contribution is 7.89. The summed E-state index contributed by atoms with van der Waals surface area (Å²) in [4.78, 5) is 15.3. The number of aryl methyl sites for hydroxylation is 2. The van der Waals surface area contributed by atoms with Gasteiger partial charge in [0.2, 0.25) is 15.9 Å². The molecule has 2 rings (SSSR count). The van der Waals surface area contributed by atoms with Gasteiger partial charge in [0.1, 0.15) is 0 Å². The molecular formula is C23H35N3O3S. The number of amides is 1. The molecular weight excluding hydrogens is 398 g/mol. The van der Waals surface area contributed by atoms with Crippen LogP contribution in [-0.4, -0.2) is 47.2 Å². The van der Waals surface area contributed by atoms with Crippen molar-refractivity contribution in [3.8, 4) is 0 Å². The van der Waals surface area contributed by atoms with Gasteiger partial charge in [-0.2, -0.15) is 4.31 Å². The molecule has 0 aliphatic rings. The minimum absolute atomic E-state index is 0.164. The number of carbonyl (C=O) groups excluding carboxylic acids is 1. The van der Waals surface area contributed by atoms with Gasteiger partial charge in [-0.3, -0.25) is 4.79 Å². The lowest BCUT2D eigenvalue weighted by molar-refractivity contribution is -0.133. The third kappa shape index (κ3) is 5.95. The van der Waals surface area contributed by atoms with Crippen molar-refractivity contribution in [3.63, 3.8) is 0 Å². The van der Waals surface area contributed by atoms with E-state index in [0.717, 1.165) is 11.3 Å². The van der Waals surface area contributed by atoms with Crippen molar-refractivity contribution in [2.24, 2.45) is 13.0 Å². The quantitative estimate of drug-likeness (QED) is 0.572. The molecule has 1 aromatic carbocycles. The third-order valence-electron chi connectivity index (χ3n) is 5.34. The van der Waals surface area contributed by atoms with E-state index < -0.39 is 10.0 Å². The maximum Gasteiger partial charge on any atom is 0.243 e. The highest BCUT2D eigenvalue weighted by Gasteiger charge is 2.32. The van der Waals surface area contributed by atoms with Crippen LogP contribution in [0, 0.1) is 12.8 Å². The Morgan fingerprint density at radius 1 is 1.10 bits per heavy atom. The van der Waals surface area contributed by atoms with Gasteiger partial charge >= 0.3 is 0 Å². The van der Waals surface area contributed by atoms with E-state index in [4.69, 9.17) is 0 Å². The van der Waals surface area contributed by atoms with Crippen LogP contribution in [0.5, 0.6) is 0 Å². The summed E-state index contributed by atoms with van der Waals surface area (Å²) in [7, 11) is -1.83. The first-order chi connectivity index (χ1) is 14.1. The molecule has 1 aromatic heterocycles. The zero-order chi connectivity index (χ0) is 22.5. The number of hydrogen-bond donors (Lipinski definition) is 0. The fraction of sp³-hybridized carbons (Fsp3) is 0.522. The van der Waals surface area contributed by atoms with Crippen LogP contribution < -0.4 is 0 Å². The number of sulfonamides is 1. The van der Waals surface area contributed by atoms with Gasteiger partial charge in [-0.05, 0) is 50.5 Å². The number of hydrogen-bond acceptors (Lipinski definition) is 3. The van der Waals surface area contributed by atoms with Crippen molar-refractivity contribution in [1.29, 1.82) is 0 Å². The molecule has 166 valence electrons. The van der Waals surface area contributed by atoms with E-state index in [0.29, 0.717) is 19.5 Å². The molecule has 30 heavy (non-hydrogen) atoms. The molecule has 1 heterocycles. The lowest BCUT2D eigenvalue weighted by atomic mass is 10.2. The molecule has 0 bridgehead atoms. The van der Waals surface area contributed by atoms with Crippen LogP contribution in [0.1, 0.15) is 45.4 Å². The van der Waals surface area contributed by atoms with Crippen LogP contribution in [0.15, 0.2) is 47.5 Å². The molecule has 1 unspecified atom stereocenters. The SMILES string of the molecule is CCC(C)N(CC(=O)N(Cc1cccn1C)CC(C)C)S(=O)(=O)c1ccc(C)cc1. The van der Waals surface area contributed by atoms with E-state index in [-0.39, 0.29) is 29.3 Å². The summed E-state index contributed by atoms with van der Waals surface area (Å²) in [5.41, 5.74) is 2.01. The number of rotatable bonds is 10. The average molecular weight is 434 g/mol. The largest absolute Gasteiger partial charge is 0.353 e. The van der Waals surface area contributed by atoms with E-state index in [2.05, 4.69) is 13.8 Å². The fourth-order valence-electron chi connectivity index (χ4n) is 3.31. The van der Waals surface area contributed by atoms with Gasteiger partial charge in [0.15, 0.2) is 0 Å². The Labute approximate surface area is 181 Å². The van der Waals surface area contributed by atoms with Crippen LogP contribution in [0.2, 0.25) is 0 Å².